The lowest BCUT2D eigenvalue weighted by Gasteiger charge is -2.35. The molecule has 0 saturated carbocycles. The maximum Gasteiger partial charge on any atom is 0.193 e. The molecule has 0 amide bonds. The zero-order valence-corrected chi connectivity index (χ0v) is 19.3. The minimum absolute atomic E-state index is 0.119. The van der Waals surface area contributed by atoms with E-state index in [0.717, 1.165) is 68.9 Å². The van der Waals surface area contributed by atoms with E-state index < -0.39 is 0 Å². The third kappa shape index (κ3) is 5.69. The monoisotopic (exact) mass is 430 g/mol. The quantitative estimate of drug-likeness (QED) is 0.554. The van der Waals surface area contributed by atoms with Crippen LogP contribution in [0.4, 0.5) is 10.1 Å². The molecule has 172 valence electrons. The second-order valence-corrected chi connectivity index (χ2v) is 9.22. The van der Waals surface area contributed by atoms with Crippen molar-refractivity contribution in [2.24, 2.45) is 10.9 Å². The minimum atomic E-state index is -0.119. The molecule has 4 rings (SSSR count). The topological polar surface area (TPSA) is 37.4 Å². The van der Waals surface area contributed by atoms with Crippen LogP contribution in [0.15, 0.2) is 23.2 Å². The highest BCUT2D eigenvalue weighted by Gasteiger charge is 2.27. The second-order valence-electron chi connectivity index (χ2n) is 9.22. The van der Waals surface area contributed by atoms with Crippen LogP contribution in [-0.2, 0) is 6.54 Å². The molecule has 3 fully saturated rings. The second kappa shape index (κ2) is 10.6. The highest BCUT2D eigenvalue weighted by atomic mass is 19.1. The lowest BCUT2D eigenvalue weighted by Crippen LogP contribution is -2.46. The van der Waals surface area contributed by atoms with Crippen molar-refractivity contribution in [1.82, 2.24) is 20.0 Å². The van der Waals surface area contributed by atoms with Gasteiger partial charge in [0.2, 0.25) is 0 Å². The van der Waals surface area contributed by atoms with Crippen molar-refractivity contribution in [2.75, 3.05) is 77.4 Å². The Labute approximate surface area is 187 Å². The number of halogens is 1. The van der Waals surface area contributed by atoms with E-state index in [1.807, 2.05) is 19.2 Å². The molecule has 0 bridgehead atoms. The van der Waals surface area contributed by atoms with Gasteiger partial charge in [-0.2, -0.15) is 0 Å². The maximum absolute atomic E-state index is 14.8. The highest BCUT2D eigenvalue weighted by Crippen LogP contribution is 2.23. The summed E-state index contributed by atoms with van der Waals surface area (Å²) >= 11 is 0. The van der Waals surface area contributed by atoms with Gasteiger partial charge in [-0.1, -0.05) is 13.0 Å². The summed E-state index contributed by atoms with van der Waals surface area (Å²) in [6.07, 6.45) is 3.93. The summed E-state index contributed by atoms with van der Waals surface area (Å²) in [5.74, 6) is 1.54. The van der Waals surface area contributed by atoms with Crippen LogP contribution in [0.25, 0.3) is 0 Å². The molecule has 7 heteroatoms. The fraction of sp³-hybridized carbons (Fsp3) is 0.708. The van der Waals surface area contributed by atoms with Crippen LogP contribution in [0.5, 0.6) is 0 Å². The molecule has 1 unspecified atom stereocenters. The van der Waals surface area contributed by atoms with Gasteiger partial charge in [0.15, 0.2) is 5.96 Å². The number of nitrogens with zero attached hydrogens (tertiary/aromatic N) is 5. The number of benzene rings is 1. The third-order valence-corrected chi connectivity index (χ3v) is 7.14. The number of likely N-dealkylation sites (tertiary alicyclic amines) is 2. The number of anilines is 1. The Kier molecular flexibility index (Phi) is 7.67. The van der Waals surface area contributed by atoms with E-state index in [1.54, 1.807) is 6.07 Å². The Morgan fingerprint density at radius 2 is 1.84 bits per heavy atom. The first-order valence-electron chi connectivity index (χ1n) is 12.1. The molecule has 3 saturated heterocycles. The molecule has 0 aliphatic carbocycles. The van der Waals surface area contributed by atoms with Crippen molar-refractivity contribution >= 4 is 11.6 Å². The van der Waals surface area contributed by atoms with E-state index >= 15 is 0 Å². The Hall–Kier alpha value is -1.86. The van der Waals surface area contributed by atoms with Crippen molar-refractivity contribution < 1.29 is 4.39 Å². The van der Waals surface area contributed by atoms with E-state index in [2.05, 4.69) is 36.8 Å². The van der Waals surface area contributed by atoms with Gasteiger partial charge in [-0.15, -0.1) is 0 Å². The van der Waals surface area contributed by atoms with E-state index in [-0.39, 0.29) is 5.82 Å². The molecule has 0 spiro atoms. The van der Waals surface area contributed by atoms with Crippen molar-refractivity contribution in [3.8, 4) is 0 Å². The lowest BCUT2D eigenvalue weighted by molar-refractivity contribution is 0.270. The predicted octanol–water partition coefficient (Wildman–Crippen LogP) is 2.46. The maximum atomic E-state index is 14.8. The van der Waals surface area contributed by atoms with Crippen LogP contribution < -0.4 is 10.2 Å². The van der Waals surface area contributed by atoms with Gasteiger partial charge in [0.1, 0.15) is 5.82 Å². The highest BCUT2D eigenvalue weighted by molar-refractivity contribution is 5.80. The number of hydrogen-bond donors (Lipinski definition) is 1. The molecular weight excluding hydrogens is 391 g/mol. The van der Waals surface area contributed by atoms with Crippen LogP contribution in [0.2, 0.25) is 0 Å². The SMILES string of the molecule is CCN1CCN(c2ccc(CNC(=NC)N3CCC(CN4CCCC4)C3)cc2F)CC1. The van der Waals surface area contributed by atoms with Gasteiger partial charge < -0.3 is 24.9 Å². The predicted molar refractivity (Wildman–Crippen MR) is 126 cm³/mol. The molecule has 3 aliphatic heterocycles. The number of piperazine rings is 1. The fourth-order valence-corrected chi connectivity index (χ4v) is 5.24. The Balaban J connectivity index is 1.27. The van der Waals surface area contributed by atoms with Crippen LogP contribution >= 0.6 is 0 Å². The molecule has 0 aromatic heterocycles. The molecule has 0 radical (unpaired) electrons. The standard InChI is InChI=1S/C24H39FN6/c1-3-28-12-14-30(15-13-28)23-7-6-20(16-22(23)25)17-27-24(26-2)31-11-8-21(19-31)18-29-9-4-5-10-29/h6-7,16,21H,3-5,8-15,17-19H2,1-2H3,(H,26,27). The van der Waals surface area contributed by atoms with E-state index in [1.165, 1.54) is 38.9 Å². The molecule has 3 aliphatic rings. The Bertz CT molecular complexity index is 740. The first-order chi connectivity index (χ1) is 15.2. The lowest BCUT2D eigenvalue weighted by atomic mass is 10.1. The van der Waals surface area contributed by atoms with Gasteiger partial charge in [-0.3, -0.25) is 4.99 Å². The van der Waals surface area contributed by atoms with Crippen molar-refractivity contribution in [1.29, 1.82) is 0 Å². The van der Waals surface area contributed by atoms with Crippen molar-refractivity contribution in [2.45, 2.75) is 32.7 Å². The average molecular weight is 431 g/mol. The van der Waals surface area contributed by atoms with Crippen molar-refractivity contribution in [3.05, 3.63) is 29.6 Å². The fourth-order valence-electron chi connectivity index (χ4n) is 5.24. The molecule has 6 nitrogen and oxygen atoms in total. The molecule has 1 aromatic rings. The Morgan fingerprint density at radius 1 is 1.06 bits per heavy atom. The zero-order valence-electron chi connectivity index (χ0n) is 19.3. The van der Waals surface area contributed by atoms with E-state index in [0.29, 0.717) is 6.54 Å². The summed E-state index contributed by atoms with van der Waals surface area (Å²) in [6.45, 7) is 13.5. The molecule has 1 N–H and O–H groups in total. The van der Waals surface area contributed by atoms with Crippen molar-refractivity contribution in [3.63, 3.8) is 0 Å². The van der Waals surface area contributed by atoms with Crippen LogP contribution in [0, 0.1) is 11.7 Å². The summed E-state index contributed by atoms with van der Waals surface area (Å²) in [5.41, 5.74) is 1.69. The molecule has 1 atom stereocenters. The number of aliphatic imine (C=N–C) groups is 1. The number of rotatable bonds is 6. The number of nitrogens with one attached hydrogen (secondary N) is 1. The van der Waals surface area contributed by atoms with Gasteiger partial charge in [-0.05, 0) is 62.5 Å². The number of hydrogen-bond acceptors (Lipinski definition) is 4. The summed E-state index contributed by atoms with van der Waals surface area (Å²) < 4.78 is 14.8. The van der Waals surface area contributed by atoms with Crippen LogP contribution in [-0.4, -0.2) is 93.2 Å². The summed E-state index contributed by atoms with van der Waals surface area (Å²) in [4.78, 5) is 14.0. The molecule has 31 heavy (non-hydrogen) atoms. The van der Waals surface area contributed by atoms with Crippen LogP contribution in [0.3, 0.4) is 0 Å². The summed E-state index contributed by atoms with van der Waals surface area (Å²) in [6, 6.07) is 5.67. The normalized spacial score (nSPS) is 23.7. The van der Waals surface area contributed by atoms with Crippen LogP contribution in [0.1, 0.15) is 31.7 Å². The van der Waals surface area contributed by atoms with Gasteiger partial charge >= 0.3 is 0 Å². The molecular formula is C24H39FN6. The smallest absolute Gasteiger partial charge is 0.193 e. The number of likely N-dealkylation sites (N-methyl/N-ethyl adjacent to an activating group) is 1. The van der Waals surface area contributed by atoms with Gasteiger partial charge in [0.05, 0.1) is 5.69 Å². The summed E-state index contributed by atoms with van der Waals surface area (Å²) in [7, 11) is 1.84. The zero-order chi connectivity index (χ0) is 21.6. The largest absolute Gasteiger partial charge is 0.367 e. The molecule has 1 aromatic carbocycles. The third-order valence-electron chi connectivity index (χ3n) is 7.14. The van der Waals surface area contributed by atoms with Gasteiger partial charge in [-0.25, -0.2) is 4.39 Å². The first kappa shape index (κ1) is 22.3. The van der Waals surface area contributed by atoms with E-state index in [9.17, 15) is 4.39 Å². The Morgan fingerprint density at radius 3 is 2.52 bits per heavy atom. The van der Waals surface area contributed by atoms with Gasteiger partial charge in [0, 0.05) is 59.4 Å². The summed E-state index contributed by atoms with van der Waals surface area (Å²) in [5, 5.41) is 3.46. The molecule has 3 heterocycles. The average Bonchev–Trinajstić information content (AvgIpc) is 3.47. The van der Waals surface area contributed by atoms with E-state index in [4.69, 9.17) is 0 Å². The van der Waals surface area contributed by atoms with Gasteiger partial charge in [0.25, 0.3) is 0 Å². The number of guanidine groups is 1. The first-order valence-corrected chi connectivity index (χ1v) is 12.1. The minimum Gasteiger partial charge on any atom is -0.367 e.